The summed E-state index contributed by atoms with van der Waals surface area (Å²) >= 11 is 1.26. The molecule has 1 aliphatic rings. The molecule has 0 spiro atoms. The van der Waals surface area contributed by atoms with E-state index in [-0.39, 0.29) is 24.3 Å². The van der Waals surface area contributed by atoms with Gasteiger partial charge in [0.2, 0.25) is 0 Å². The van der Waals surface area contributed by atoms with Crippen LogP contribution in [0, 0.1) is 0 Å². The first kappa shape index (κ1) is 26.2. The molecule has 176 valence electrons. The number of ether oxygens (including phenoxy) is 2. The van der Waals surface area contributed by atoms with Crippen LogP contribution in [-0.2, 0) is 15.4 Å². The van der Waals surface area contributed by atoms with E-state index in [1.54, 1.807) is 18.1 Å². The van der Waals surface area contributed by atoms with Gasteiger partial charge in [0.25, 0.3) is 0 Å². The molecule has 0 fully saturated rings. The number of hydrogen-bond acceptors (Lipinski definition) is 8. The predicted octanol–water partition coefficient (Wildman–Crippen LogP) is 3.80. The summed E-state index contributed by atoms with van der Waals surface area (Å²) in [5.41, 5.74) is 5.55. The Morgan fingerprint density at radius 1 is 1.29 bits per heavy atom. The number of halogens is 3. The zero-order valence-electron chi connectivity index (χ0n) is 17.5. The van der Waals surface area contributed by atoms with Gasteiger partial charge >= 0.3 is 6.18 Å². The fourth-order valence-corrected chi connectivity index (χ4v) is 4.25. The number of hydrogen-bond donors (Lipinski definition) is 2. The number of likely N-dealkylation sites (N-methyl/N-ethyl adjacent to an activating group) is 1. The minimum absolute atomic E-state index is 0.115. The molecule has 3 unspecified atom stereocenters. The number of unbranched alkanes of at least 4 members (excludes halogenated alkanes) is 1. The second-order valence-electron chi connectivity index (χ2n) is 6.93. The molecule has 3 N–H and O–H groups in total. The van der Waals surface area contributed by atoms with Gasteiger partial charge < -0.3 is 24.6 Å². The number of nitrogens with two attached hydrogens (primary N) is 1. The first-order chi connectivity index (χ1) is 14.8. The molecule has 31 heavy (non-hydrogen) atoms. The number of nitrogens with zero attached hydrogens (tertiary/aromatic N) is 2. The van der Waals surface area contributed by atoms with Gasteiger partial charge in [-0.25, -0.2) is 0 Å². The Labute approximate surface area is 186 Å². The lowest BCUT2D eigenvalue weighted by atomic mass is 10.1. The average molecular weight is 483 g/mol. The van der Waals surface area contributed by atoms with Gasteiger partial charge in [-0.3, -0.25) is 5.01 Å². The van der Waals surface area contributed by atoms with Crippen molar-refractivity contribution in [1.82, 2.24) is 5.01 Å². The second kappa shape index (κ2) is 12.8. The standard InChI is InChI=1S/C19H29F3N3O4PS/c1-3-8-27-9-4-5-10-28-16-7-6-13(11-14(16)19(20,21)22)17-24-25(2)18(31-17)15(23)12-29-30-26/h6-7,11,15,18,26,30H,3-5,8-10,12,23H2,1-2H3. The number of thioether (sulfide) groups is 1. The van der Waals surface area contributed by atoms with Gasteiger partial charge in [-0.15, -0.1) is 0 Å². The quantitative estimate of drug-likeness (QED) is 0.326. The van der Waals surface area contributed by atoms with Crippen molar-refractivity contribution < 1.29 is 32.1 Å². The molecule has 0 saturated carbocycles. The van der Waals surface area contributed by atoms with E-state index in [9.17, 15) is 13.2 Å². The molecule has 3 atom stereocenters. The number of hydrazone groups is 1. The highest BCUT2D eigenvalue weighted by Gasteiger charge is 2.36. The maximum absolute atomic E-state index is 13.6. The van der Waals surface area contributed by atoms with Gasteiger partial charge in [0.1, 0.15) is 16.2 Å². The van der Waals surface area contributed by atoms with Crippen LogP contribution in [0.2, 0.25) is 0 Å². The second-order valence-corrected chi connectivity index (χ2v) is 8.51. The van der Waals surface area contributed by atoms with E-state index in [4.69, 9.17) is 24.6 Å². The lowest BCUT2D eigenvalue weighted by Gasteiger charge is -2.23. The van der Waals surface area contributed by atoms with Crippen molar-refractivity contribution in [3.8, 4) is 5.75 Å². The van der Waals surface area contributed by atoms with Crippen molar-refractivity contribution >= 4 is 25.8 Å². The van der Waals surface area contributed by atoms with Crippen LogP contribution in [-0.4, -0.2) is 59.8 Å². The predicted molar refractivity (Wildman–Crippen MR) is 117 cm³/mol. The van der Waals surface area contributed by atoms with E-state index in [2.05, 4.69) is 5.10 Å². The first-order valence-corrected chi connectivity index (χ1v) is 11.7. The fourth-order valence-electron chi connectivity index (χ4n) is 2.87. The summed E-state index contributed by atoms with van der Waals surface area (Å²) < 4.78 is 56.6. The SMILES string of the molecule is CCCOCCCCOc1ccc(C2=NN(C)C(C(N)COPO)S2)cc1C(F)(F)F. The van der Waals surface area contributed by atoms with Crippen molar-refractivity contribution in [3.05, 3.63) is 29.3 Å². The highest BCUT2D eigenvalue weighted by atomic mass is 32.2. The van der Waals surface area contributed by atoms with Gasteiger partial charge in [0.05, 0.1) is 24.8 Å². The van der Waals surface area contributed by atoms with Crippen LogP contribution in [0.4, 0.5) is 13.2 Å². The Balaban J connectivity index is 2.04. The zero-order chi connectivity index (χ0) is 22.9. The smallest absolute Gasteiger partial charge is 0.419 e. The highest BCUT2D eigenvalue weighted by Crippen LogP contribution is 2.39. The van der Waals surface area contributed by atoms with E-state index < -0.39 is 26.8 Å². The summed E-state index contributed by atoms with van der Waals surface area (Å²) in [7, 11) is 1.02. The van der Waals surface area contributed by atoms with Crippen molar-refractivity contribution in [2.45, 2.75) is 43.8 Å². The normalized spacial score (nSPS) is 18.1. The molecule has 1 aliphatic heterocycles. The summed E-state index contributed by atoms with van der Waals surface area (Å²) in [6.07, 6.45) is -2.30. The summed E-state index contributed by atoms with van der Waals surface area (Å²) in [6.45, 7) is 3.56. The van der Waals surface area contributed by atoms with E-state index in [1.165, 1.54) is 17.8 Å². The van der Waals surface area contributed by atoms with E-state index >= 15 is 0 Å². The lowest BCUT2D eigenvalue weighted by Crippen LogP contribution is -2.42. The molecular weight excluding hydrogens is 454 g/mol. The Morgan fingerprint density at radius 2 is 2.03 bits per heavy atom. The topological polar surface area (TPSA) is 89.5 Å². The fraction of sp³-hybridized carbons (Fsp3) is 0.632. The van der Waals surface area contributed by atoms with Gasteiger partial charge in [-0.1, -0.05) is 18.7 Å². The molecule has 2 rings (SSSR count). The summed E-state index contributed by atoms with van der Waals surface area (Å²) in [5.74, 6) is -0.201. The largest absolute Gasteiger partial charge is 0.493 e. The number of benzene rings is 1. The third-order valence-corrected chi connectivity index (χ3v) is 6.11. The molecule has 0 saturated heterocycles. The Morgan fingerprint density at radius 3 is 2.71 bits per heavy atom. The molecule has 0 radical (unpaired) electrons. The molecule has 1 aromatic carbocycles. The molecule has 7 nitrogen and oxygen atoms in total. The van der Waals surface area contributed by atoms with Gasteiger partial charge in [0, 0.05) is 25.8 Å². The molecule has 0 aromatic heterocycles. The van der Waals surface area contributed by atoms with Crippen molar-refractivity contribution in [1.29, 1.82) is 0 Å². The molecule has 0 aliphatic carbocycles. The van der Waals surface area contributed by atoms with Crippen LogP contribution < -0.4 is 10.5 Å². The third-order valence-electron chi connectivity index (χ3n) is 4.38. The first-order valence-electron chi connectivity index (χ1n) is 9.94. The Kier molecular flexibility index (Phi) is 10.8. The molecule has 1 heterocycles. The molecule has 0 bridgehead atoms. The number of alkyl halides is 3. The van der Waals surface area contributed by atoms with Crippen LogP contribution in [0.5, 0.6) is 5.75 Å². The van der Waals surface area contributed by atoms with Crippen molar-refractivity contribution in [2.75, 3.05) is 33.5 Å². The lowest BCUT2D eigenvalue weighted by molar-refractivity contribution is -0.139. The molecule has 0 amide bonds. The Hall–Kier alpha value is -1.10. The van der Waals surface area contributed by atoms with E-state index in [0.29, 0.717) is 30.2 Å². The van der Waals surface area contributed by atoms with Crippen LogP contribution >= 0.6 is 20.8 Å². The van der Waals surface area contributed by atoms with Crippen LogP contribution in [0.3, 0.4) is 0 Å². The van der Waals surface area contributed by atoms with Crippen molar-refractivity contribution in [2.24, 2.45) is 10.8 Å². The van der Waals surface area contributed by atoms with E-state index in [0.717, 1.165) is 18.9 Å². The zero-order valence-corrected chi connectivity index (χ0v) is 19.3. The average Bonchev–Trinajstić information content (AvgIpc) is 3.12. The highest BCUT2D eigenvalue weighted by molar-refractivity contribution is 8.15. The van der Waals surface area contributed by atoms with Crippen LogP contribution in [0.1, 0.15) is 37.3 Å². The minimum atomic E-state index is -4.56. The summed E-state index contributed by atoms with van der Waals surface area (Å²) in [5, 5.41) is 6.03. The summed E-state index contributed by atoms with van der Waals surface area (Å²) in [4.78, 5) is 8.79. The van der Waals surface area contributed by atoms with Crippen LogP contribution in [0.15, 0.2) is 23.3 Å². The monoisotopic (exact) mass is 483 g/mol. The van der Waals surface area contributed by atoms with Crippen LogP contribution in [0.25, 0.3) is 0 Å². The maximum atomic E-state index is 13.6. The molecule has 12 heteroatoms. The van der Waals surface area contributed by atoms with Gasteiger partial charge in [-0.2, -0.15) is 18.3 Å². The third kappa shape index (κ3) is 8.07. The Bertz CT molecular complexity index is 727. The maximum Gasteiger partial charge on any atom is 0.419 e. The molecular formula is C19H29F3N3O4PS. The van der Waals surface area contributed by atoms with Crippen molar-refractivity contribution in [3.63, 3.8) is 0 Å². The van der Waals surface area contributed by atoms with Gasteiger partial charge in [-0.05, 0) is 37.5 Å². The molecule has 1 aromatic rings. The minimum Gasteiger partial charge on any atom is -0.493 e. The van der Waals surface area contributed by atoms with Gasteiger partial charge in [0.15, 0.2) is 9.03 Å². The van der Waals surface area contributed by atoms with E-state index in [1.807, 2.05) is 6.92 Å². The number of rotatable bonds is 13. The summed E-state index contributed by atoms with van der Waals surface area (Å²) in [6, 6.07) is 3.48.